The molecular formula is C22H27N3O4. The summed E-state index contributed by atoms with van der Waals surface area (Å²) in [6.07, 6.45) is -1.26. The van der Waals surface area contributed by atoms with Crippen LogP contribution in [0.4, 0.5) is 16.2 Å². The minimum Gasteiger partial charge on any atom is -0.453 e. The number of aliphatic hydroxyl groups is 1. The molecule has 4 rings (SSSR count). The Kier molecular flexibility index (Phi) is 4.88. The lowest BCUT2D eigenvalue weighted by Crippen LogP contribution is -2.64. The van der Waals surface area contributed by atoms with Crippen LogP contribution in [0.5, 0.6) is 11.5 Å². The van der Waals surface area contributed by atoms with Crippen LogP contribution in [0.3, 0.4) is 0 Å². The number of piperidine rings is 1. The van der Waals surface area contributed by atoms with E-state index in [2.05, 4.69) is 0 Å². The van der Waals surface area contributed by atoms with Gasteiger partial charge in [0.2, 0.25) is 0 Å². The van der Waals surface area contributed by atoms with Gasteiger partial charge in [-0.15, -0.1) is 0 Å². The molecule has 1 amide bonds. The highest BCUT2D eigenvalue weighted by molar-refractivity contribution is 5.79. The SMILES string of the molecule is CC(C)(C)OC(=O)N1CC(N)C(O)C(N2c3ccccc3Oc3ccccc32)C1. The standard InChI is InChI=1S/C22H27N3O4/c1-22(2,3)29-21(27)24-12-14(23)20(26)17(13-24)25-15-8-4-6-10-18(15)28-19-11-7-5-9-16(19)25/h4-11,14,17,20,26H,12-13,23H2,1-3H3. The Morgan fingerprint density at radius 1 is 1.07 bits per heavy atom. The van der Waals surface area contributed by atoms with E-state index in [9.17, 15) is 9.90 Å². The molecule has 2 aliphatic rings. The van der Waals surface area contributed by atoms with Crippen LogP contribution in [-0.4, -0.2) is 53.0 Å². The van der Waals surface area contributed by atoms with Gasteiger partial charge in [-0.3, -0.25) is 0 Å². The fraction of sp³-hybridized carbons (Fsp3) is 0.409. The van der Waals surface area contributed by atoms with Gasteiger partial charge in [0.1, 0.15) is 5.60 Å². The van der Waals surface area contributed by atoms with E-state index in [0.29, 0.717) is 11.5 Å². The molecule has 7 heteroatoms. The number of carbonyl (C=O) groups excluding carboxylic acids is 1. The summed E-state index contributed by atoms with van der Waals surface area (Å²) >= 11 is 0. The monoisotopic (exact) mass is 397 g/mol. The first-order valence-corrected chi connectivity index (χ1v) is 9.81. The third kappa shape index (κ3) is 3.75. The van der Waals surface area contributed by atoms with Gasteiger partial charge in [0.25, 0.3) is 0 Å². The lowest BCUT2D eigenvalue weighted by Gasteiger charge is -2.47. The second kappa shape index (κ2) is 7.24. The van der Waals surface area contributed by atoms with E-state index in [-0.39, 0.29) is 13.1 Å². The van der Waals surface area contributed by atoms with Crippen molar-refractivity contribution in [3.05, 3.63) is 48.5 Å². The zero-order valence-corrected chi connectivity index (χ0v) is 16.9. The molecule has 0 aliphatic carbocycles. The van der Waals surface area contributed by atoms with Gasteiger partial charge in [0.15, 0.2) is 11.5 Å². The molecule has 0 radical (unpaired) electrons. The molecule has 2 aromatic rings. The molecule has 3 unspecified atom stereocenters. The Bertz CT molecular complexity index is 865. The number of carbonyl (C=O) groups is 1. The van der Waals surface area contributed by atoms with Gasteiger partial charge in [-0.05, 0) is 45.0 Å². The number of fused-ring (bicyclic) bond motifs is 2. The average Bonchev–Trinajstić information content (AvgIpc) is 2.67. The second-order valence-electron chi connectivity index (χ2n) is 8.51. The minimum atomic E-state index is -0.826. The topological polar surface area (TPSA) is 88.3 Å². The number of amides is 1. The first-order chi connectivity index (χ1) is 13.7. The molecule has 3 N–H and O–H groups in total. The van der Waals surface area contributed by atoms with Crippen molar-refractivity contribution in [2.75, 3.05) is 18.0 Å². The van der Waals surface area contributed by atoms with Crippen LogP contribution in [-0.2, 0) is 4.74 Å². The molecule has 0 aromatic heterocycles. The van der Waals surface area contributed by atoms with Gasteiger partial charge in [-0.25, -0.2) is 4.79 Å². The number of ether oxygens (including phenoxy) is 2. The van der Waals surface area contributed by atoms with Gasteiger partial charge in [-0.2, -0.15) is 0 Å². The summed E-state index contributed by atoms with van der Waals surface area (Å²) in [6.45, 7) is 6.01. The van der Waals surface area contributed by atoms with E-state index in [4.69, 9.17) is 15.2 Å². The molecule has 1 fully saturated rings. The molecule has 2 heterocycles. The number of benzene rings is 2. The van der Waals surface area contributed by atoms with E-state index in [1.54, 1.807) is 4.90 Å². The maximum Gasteiger partial charge on any atom is 0.410 e. The average molecular weight is 397 g/mol. The molecule has 0 bridgehead atoms. The van der Waals surface area contributed by atoms with Crippen molar-refractivity contribution in [3.63, 3.8) is 0 Å². The van der Waals surface area contributed by atoms with Crippen molar-refractivity contribution in [1.82, 2.24) is 4.90 Å². The number of hydrogen-bond acceptors (Lipinski definition) is 6. The van der Waals surface area contributed by atoms with E-state index in [1.807, 2.05) is 74.2 Å². The molecule has 154 valence electrons. The van der Waals surface area contributed by atoms with Crippen LogP contribution in [0.1, 0.15) is 20.8 Å². The lowest BCUT2D eigenvalue weighted by atomic mass is 9.94. The first-order valence-electron chi connectivity index (χ1n) is 9.81. The van der Waals surface area contributed by atoms with E-state index < -0.39 is 29.9 Å². The third-order valence-corrected chi connectivity index (χ3v) is 5.12. The van der Waals surface area contributed by atoms with Gasteiger partial charge in [0.05, 0.1) is 29.6 Å². The number of aliphatic hydroxyl groups excluding tert-OH is 1. The van der Waals surface area contributed by atoms with Crippen molar-refractivity contribution in [3.8, 4) is 11.5 Å². The third-order valence-electron chi connectivity index (χ3n) is 5.12. The number of likely N-dealkylation sites (tertiary alicyclic amines) is 1. The Labute approximate surface area is 170 Å². The molecule has 2 aliphatic heterocycles. The highest BCUT2D eigenvalue weighted by Gasteiger charge is 2.43. The van der Waals surface area contributed by atoms with E-state index >= 15 is 0 Å². The maximum absolute atomic E-state index is 12.7. The van der Waals surface area contributed by atoms with Gasteiger partial charge < -0.3 is 30.1 Å². The van der Waals surface area contributed by atoms with Crippen molar-refractivity contribution in [2.24, 2.45) is 5.73 Å². The van der Waals surface area contributed by atoms with Gasteiger partial charge in [-0.1, -0.05) is 24.3 Å². The van der Waals surface area contributed by atoms with Crippen LogP contribution >= 0.6 is 0 Å². The summed E-state index contributed by atoms with van der Waals surface area (Å²) in [5.74, 6) is 1.39. The fourth-order valence-corrected chi connectivity index (χ4v) is 3.86. The highest BCUT2D eigenvalue weighted by atomic mass is 16.6. The predicted molar refractivity (Wildman–Crippen MR) is 111 cm³/mol. The van der Waals surface area contributed by atoms with Crippen LogP contribution in [0.2, 0.25) is 0 Å². The number of hydrogen-bond donors (Lipinski definition) is 2. The highest BCUT2D eigenvalue weighted by Crippen LogP contribution is 2.48. The Morgan fingerprint density at radius 3 is 2.17 bits per heavy atom. The molecule has 0 saturated carbocycles. The quantitative estimate of drug-likeness (QED) is 0.768. The largest absolute Gasteiger partial charge is 0.453 e. The van der Waals surface area contributed by atoms with Gasteiger partial charge >= 0.3 is 6.09 Å². The summed E-state index contributed by atoms with van der Waals surface area (Å²) in [4.78, 5) is 16.3. The molecule has 1 saturated heterocycles. The normalized spacial score (nSPS) is 23.7. The minimum absolute atomic E-state index is 0.236. The van der Waals surface area contributed by atoms with E-state index in [1.165, 1.54) is 0 Å². The summed E-state index contributed by atoms with van der Waals surface area (Å²) in [6, 6.07) is 14.3. The van der Waals surface area contributed by atoms with Crippen molar-refractivity contribution in [1.29, 1.82) is 0 Å². The molecular weight excluding hydrogens is 370 g/mol. The summed E-state index contributed by atoms with van der Waals surface area (Å²) < 4.78 is 11.6. The molecule has 3 atom stereocenters. The Hall–Kier alpha value is -2.77. The van der Waals surface area contributed by atoms with Gasteiger partial charge in [0, 0.05) is 13.1 Å². The van der Waals surface area contributed by atoms with Crippen LogP contribution in [0.15, 0.2) is 48.5 Å². The number of anilines is 2. The fourth-order valence-electron chi connectivity index (χ4n) is 3.86. The van der Waals surface area contributed by atoms with Crippen LogP contribution < -0.4 is 15.4 Å². The smallest absolute Gasteiger partial charge is 0.410 e. The van der Waals surface area contributed by atoms with Crippen molar-refractivity contribution in [2.45, 2.75) is 44.6 Å². The summed E-state index contributed by atoms with van der Waals surface area (Å²) in [7, 11) is 0. The number of nitrogens with two attached hydrogens (primary N) is 1. The van der Waals surface area contributed by atoms with Crippen LogP contribution in [0.25, 0.3) is 0 Å². The maximum atomic E-state index is 12.7. The zero-order chi connectivity index (χ0) is 20.8. The Morgan fingerprint density at radius 2 is 1.62 bits per heavy atom. The molecule has 2 aromatic carbocycles. The first kappa shape index (κ1) is 19.5. The number of nitrogens with zero attached hydrogens (tertiary/aromatic N) is 2. The van der Waals surface area contributed by atoms with E-state index in [0.717, 1.165) is 11.4 Å². The number of rotatable bonds is 1. The summed E-state index contributed by atoms with van der Waals surface area (Å²) in [5, 5.41) is 11.0. The summed E-state index contributed by atoms with van der Waals surface area (Å²) in [5.41, 5.74) is 7.30. The predicted octanol–water partition coefficient (Wildman–Crippen LogP) is 3.24. The van der Waals surface area contributed by atoms with Crippen LogP contribution in [0, 0.1) is 0 Å². The van der Waals surface area contributed by atoms with Crippen molar-refractivity contribution >= 4 is 17.5 Å². The number of para-hydroxylation sites is 4. The second-order valence-corrected chi connectivity index (χ2v) is 8.51. The molecule has 7 nitrogen and oxygen atoms in total. The zero-order valence-electron chi connectivity index (χ0n) is 16.9. The molecule has 0 spiro atoms. The Balaban J connectivity index is 1.72. The van der Waals surface area contributed by atoms with Crippen molar-refractivity contribution < 1.29 is 19.4 Å². The molecule has 29 heavy (non-hydrogen) atoms. The lowest BCUT2D eigenvalue weighted by molar-refractivity contribution is -0.00132.